The Balaban J connectivity index is 2.06. The van der Waals surface area contributed by atoms with Crippen LogP contribution in [0.25, 0.3) is 33.3 Å². The summed E-state index contributed by atoms with van der Waals surface area (Å²) in [6.45, 7) is 0. The fraction of sp³-hybridized carbons (Fsp3) is 0.0476. The summed E-state index contributed by atoms with van der Waals surface area (Å²) in [4.78, 5) is 8.55. The average Bonchev–Trinajstić information content (AvgIpc) is 2.67. The highest BCUT2D eigenvalue weighted by Gasteiger charge is 2.17. The lowest BCUT2D eigenvalue weighted by molar-refractivity contribution is 0.148. The van der Waals surface area contributed by atoms with E-state index in [1.807, 2.05) is 60.7 Å². The van der Waals surface area contributed by atoms with Crippen molar-refractivity contribution >= 4 is 10.9 Å². The topological polar surface area (TPSA) is 25.8 Å². The van der Waals surface area contributed by atoms with E-state index in [0.717, 1.165) is 22.4 Å². The Bertz CT molecular complexity index is 1020. The molecule has 25 heavy (non-hydrogen) atoms. The van der Waals surface area contributed by atoms with Crippen molar-refractivity contribution in [3.8, 4) is 22.4 Å². The summed E-state index contributed by atoms with van der Waals surface area (Å²) in [5, 5.41) is 0.385. The molecule has 0 aliphatic heterocycles. The van der Waals surface area contributed by atoms with Crippen LogP contribution in [0.15, 0.2) is 79.0 Å². The molecule has 0 atom stereocenters. The van der Waals surface area contributed by atoms with E-state index in [2.05, 4.69) is 4.98 Å². The molecule has 0 aliphatic rings. The second kappa shape index (κ2) is 6.40. The third-order valence-corrected chi connectivity index (χ3v) is 4.11. The summed E-state index contributed by atoms with van der Waals surface area (Å²) < 4.78 is 26.7. The molecule has 2 nitrogen and oxygen atoms in total. The number of alkyl halides is 2. The molecule has 4 heteroatoms. The van der Waals surface area contributed by atoms with Crippen molar-refractivity contribution in [3.05, 3.63) is 84.7 Å². The number of halogens is 2. The van der Waals surface area contributed by atoms with E-state index in [4.69, 9.17) is 4.98 Å². The lowest BCUT2D eigenvalue weighted by Gasteiger charge is -2.13. The van der Waals surface area contributed by atoms with Gasteiger partial charge in [-0.05, 0) is 17.7 Å². The van der Waals surface area contributed by atoms with Gasteiger partial charge < -0.3 is 0 Å². The Morgan fingerprint density at radius 3 is 2.04 bits per heavy atom. The van der Waals surface area contributed by atoms with Gasteiger partial charge in [-0.15, -0.1) is 0 Å². The molecule has 2 aromatic heterocycles. The first-order chi connectivity index (χ1) is 12.2. The van der Waals surface area contributed by atoms with Gasteiger partial charge in [0.15, 0.2) is 0 Å². The summed E-state index contributed by atoms with van der Waals surface area (Å²) in [6.07, 6.45) is -1.26. The van der Waals surface area contributed by atoms with Crippen molar-refractivity contribution in [2.45, 2.75) is 6.43 Å². The minimum Gasteiger partial charge on any atom is -0.254 e. The Kier molecular flexibility index (Phi) is 3.94. The van der Waals surface area contributed by atoms with Crippen molar-refractivity contribution in [1.82, 2.24) is 9.97 Å². The van der Waals surface area contributed by atoms with E-state index < -0.39 is 6.43 Å². The lowest BCUT2D eigenvalue weighted by atomic mass is 9.97. The van der Waals surface area contributed by atoms with Gasteiger partial charge >= 0.3 is 0 Å². The van der Waals surface area contributed by atoms with Gasteiger partial charge in [0.2, 0.25) is 0 Å². The highest BCUT2D eigenvalue weighted by molar-refractivity contribution is 5.92. The normalized spacial score (nSPS) is 11.2. The van der Waals surface area contributed by atoms with E-state index in [-0.39, 0.29) is 5.69 Å². The summed E-state index contributed by atoms with van der Waals surface area (Å²) in [7, 11) is 0. The van der Waals surface area contributed by atoms with Crippen LogP contribution >= 0.6 is 0 Å². The minimum absolute atomic E-state index is 0.234. The van der Waals surface area contributed by atoms with Gasteiger partial charge in [0, 0.05) is 22.7 Å². The van der Waals surface area contributed by atoms with Crippen molar-refractivity contribution in [2.75, 3.05) is 0 Å². The van der Waals surface area contributed by atoms with E-state index in [0.29, 0.717) is 10.9 Å². The van der Waals surface area contributed by atoms with Crippen LogP contribution in [0.2, 0.25) is 0 Å². The van der Waals surface area contributed by atoms with Crippen LogP contribution in [0.1, 0.15) is 12.1 Å². The summed E-state index contributed by atoms with van der Waals surface area (Å²) in [5.74, 6) is 0. The molecule has 0 saturated carbocycles. The van der Waals surface area contributed by atoms with E-state index in [1.54, 1.807) is 12.1 Å². The molecule has 0 N–H and O–H groups in total. The van der Waals surface area contributed by atoms with Crippen molar-refractivity contribution in [3.63, 3.8) is 0 Å². The molecule has 0 fully saturated rings. The van der Waals surface area contributed by atoms with E-state index in [1.165, 1.54) is 6.20 Å². The van der Waals surface area contributed by atoms with Gasteiger partial charge in [-0.1, -0.05) is 60.7 Å². The molecular weight excluding hydrogens is 318 g/mol. The molecule has 0 unspecified atom stereocenters. The number of hydrogen-bond acceptors (Lipinski definition) is 2. The van der Waals surface area contributed by atoms with Gasteiger partial charge in [-0.3, -0.25) is 4.98 Å². The molecule has 2 heterocycles. The Labute approximate surface area is 143 Å². The second-order valence-electron chi connectivity index (χ2n) is 5.68. The van der Waals surface area contributed by atoms with Gasteiger partial charge in [0.1, 0.15) is 5.69 Å². The molecule has 0 amide bonds. The highest BCUT2D eigenvalue weighted by atomic mass is 19.3. The van der Waals surface area contributed by atoms with Gasteiger partial charge in [0.25, 0.3) is 6.43 Å². The van der Waals surface area contributed by atoms with Gasteiger partial charge in [-0.25, -0.2) is 13.8 Å². The van der Waals surface area contributed by atoms with Crippen molar-refractivity contribution in [2.24, 2.45) is 0 Å². The Hall–Kier alpha value is -3.14. The lowest BCUT2D eigenvalue weighted by Crippen LogP contribution is -1.96. The Morgan fingerprint density at radius 1 is 0.760 bits per heavy atom. The quantitative estimate of drug-likeness (QED) is 0.467. The molecule has 4 aromatic rings. The van der Waals surface area contributed by atoms with Gasteiger partial charge in [0.05, 0.1) is 11.2 Å². The number of hydrogen-bond donors (Lipinski definition) is 0. The van der Waals surface area contributed by atoms with Gasteiger partial charge in [-0.2, -0.15) is 0 Å². The average molecular weight is 332 g/mol. The molecule has 0 aliphatic carbocycles. The predicted molar refractivity (Wildman–Crippen MR) is 95.4 cm³/mol. The Morgan fingerprint density at radius 2 is 1.40 bits per heavy atom. The summed E-state index contributed by atoms with van der Waals surface area (Å²) in [6, 6.07) is 22.9. The van der Waals surface area contributed by atoms with Crippen LogP contribution in [0, 0.1) is 0 Å². The third-order valence-electron chi connectivity index (χ3n) is 4.11. The predicted octanol–water partition coefficient (Wildman–Crippen LogP) is 5.90. The maximum atomic E-state index is 13.4. The first-order valence-corrected chi connectivity index (χ1v) is 7.92. The summed E-state index contributed by atoms with van der Waals surface area (Å²) in [5.41, 5.74) is 3.74. The molecular formula is C21H14F2N2. The molecule has 0 bridgehead atoms. The van der Waals surface area contributed by atoms with Crippen LogP contribution in [-0.4, -0.2) is 9.97 Å². The molecule has 0 saturated heterocycles. The van der Waals surface area contributed by atoms with Crippen LogP contribution in [0.4, 0.5) is 8.78 Å². The molecule has 2 aromatic carbocycles. The monoisotopic (exact) mass is 332 g/mol. The van der Waals surface area contributed by atoms with E-state index >= 15 is 0 Å². The van der Waals surface area contributed by atoms with Crippen molar-refractivity contribution < 1.29 is 8.78 Å². The zero-order valence-corrected chi connectivity index (χ0v) is 13.2. The molecule has 0 spiro atoms. The number of benzene rings is 2. The SMILES string of the molecule is FC(F)c1nccc2nc(-c3ccccc3)c(-c3ccccc3)cc12. The number of rotatable bonds is 3. The molecule has 4 rings (SSSR count). The number of aromatic nitrogens is 2. The van der Waals surface area contributed by atoms with Crippen molar-refractivity contribution in [1.29, 1.82) is 0 Å². The zero-order chi connectivity index (χ0) is 17.2. The first kappa shape index (κ1) is 15.4. The van der Waals surface area contributed by atoms with E-state index in [9.17, 15) is 8.78 Å². The number of fused-ring (bicyclic) bond motifs is 1. The molecule has 122 valence electrons. The fourth-order valence-electron chi connectivity index (χ4n) is 2.95. The fourth-order valence-corrected chi connectivity index (χ4v) is 2.95. The minimum atomic E-state index is -2.64. The summed E-state index contributed by atoms with van der Waals surface area (Å²) >= 11 is 0. The van der Waals surface area contributed by atoms with Crippen LogP contribution in [-0.2, 0) is 0 Å². The third kappa shape index (κ3) is 2.87. The first-order valence-electron chi connectivity index (χ1n) is 7.92. The second-order valence-corrected chi connectivity index (χ2v) is 5.68. The van der Waals surface area contributed by atoms with Crippen LogP contribution in [0.5, 0.6) is 0 Å². The number of nitrogens with zero attached hydrogens (tertiary/aromatic N) is 2. The maximum absolute atomic E-state index is 13.4. The smallest absolute Gasteiger partial charge is 0.254 e. The highest BCUT2D eigenvalue weighted by Crippen LogP contribution is 2.35. The van der Waals surface area contributed by atoms with Crippen LogP contribution < -0.4 is 0 Å². The molecule has 0 radical (unpaired) electrons. The number of pyridine rings is 2. The van der Waals surface area contributed by atoms with Crippen LogP contribution in [0.3, 0.4) is 0 Å². The standard InChI is InChI=1S/C21H14F2N2/c22-21(23)20-17-13-16(14-7-3-1-4-8-14)19(15-9-5-2-6-10-15)25-18(17)11-12-24-20/h1-13,21H. The zero-order valence-electron chi connectivity index (χ0n) is 13.2. The largest absolute Gasteiger partial charge is 0.281 e. The maximum Gasteiger partial charge on any atom is 0.281 e.